The zero-order valence-corrected chi connectivity index (χ0v) is 20.5. The van der Waals surface area contributed by atoms with Crippen LogP contribution >= 0.6 is 15.9 Å². The van der Waals surface area contributed by atoms with Gasteiger partial charge in [-0.25, -0.2) is 13.1 Å². The van der Waals surface area contributed by atoms with Gasteiger partial charge >= 0.3 is 5.97 Å². The number of aromatic nitrogens is 1. The molecule has 9 heteroatoms. The van der Waals surface area contributed by atoms with E-state index in [4.69, 9.17) is 4.74 Å². The summed E-state index contributed by atoms with van der Waals surface area (Å²) in [4.78, 5) is 24.6. The molecule has 0 atom stereocenters. The number of sulfonamides is 1. The Hall–Kier alpha value is -3.01. The monoisotopic (exact) mass is 530 g/mol. The van der Waals surface area contributed by atoms with Gasteiger partial charge in [-0.3, -0.25) is 9.59 Å². The van der Waals surface area contributed by atoms with Crippen molar-refractivity contribution in [1.82, 2.24) is 9.29 Å². The maximum Gasteiger partial charge on any atom is 0.321 e. The van der Waals surface area contributed by atoms with E-state index in [-0.39, 0.29) is 5.78 Å². The van der Waals surface area contributed by atoms with Crippen molar-refractivity contribution in [3.8, 4) is 5.69 Å². The van der Waals surface area contributed by atoms with Gasteiger partial charge in [0, 0.05) is 32.5 Å². The highest BCUT2D eigenvalue weighted by molar-refractivity contribution is 9.10. The molecule has 0 unspecified atom stereocenters. The van der Waals surface area contributed by atoms with Gasteiger partial charge in [0.05, 0.1) is 0 Å². The van der Waals surface area contributed by atoms with Gasteiger partial charge in [-0.05, 0) is 55.8 Å². The van der Waals surface area contributed by atoms with Crippen molar-refractivity contribution in [2.24, 2.45) is 0 Å². The van der Waals surface area contributed by atoms with E-state index >= 15 is 0 Å². The number of rotatable bonds is 9. The first-order valence-electron chi connectivity index (χ1n) is 10.0. The van der Waals surface area contributed by atoms with E-state index in [0.29, 0.717) is 11.1 Å². The first-order chi connectivity index (χ1) is 15.7. The second-order valence-corrected chi connectivity index (χ2v) is 9.83. The highest BCUT2D eigenvalue weighted by Gasteiger charge is 2.19. The lowest BCUT2D eigenvalue weighted by Gasteiger charge is -2.10. The summed E-state index contributed by atoms with van der Waals surface area (Å²) in [5.41, 5.74) is 3.64. The summed E-state index contributed by atoms with van der Waals surface area (Å²) >= 11 is 3.40. The molecule has 172 valence electrons. The standard InChI is InChI=1S/C24H23BrN2O5S/c1-17-14-22(18(2)27(17)21-10-8-20(25)9-11-21)23(28)16-32-24(29)15-26-33(30,31)13-12-19-6-4-3-5-7-19/h3-14,26H,15-16H2,1-2H3. The van der Waals surface area contributed by atoms with Crippen molar-refractivity contribution in [1.29, 1.82) is 0 Å². The smallest absolute Gasteiger partial charge is 0.321 e. The minimum atomic E-state index is -3.83. The highest BCUT2D eigenvalue weighted by atomic mass is 79.9. The molecule has 1 heterocycles. The van der Waals surface area contributed by atoms with Crippen molar-refractivity contribution in [3.05, 3.63) is 93.1 Å². The molecule has 0 saturated carbocycles. The van der Waals surface area contributed by atoms with Gasteiger partial charge in [0.25, 0.3) is 0 Å². The van der Waals surface area contributed by atoms with Gasteiger partial charge < -0.3 is 9.30 Å². The molecule has 0 amide bonds. The number of hydrogen-bond donors (Lipinski definition) is 1. The molecule has 0 fully saturated rings. The van der Waals surface area contributed by atoms with Crippen LogP contribution in [-0.2, 0) is 19.6 Å². The summed E-state index contributed by atoms with van der Waals surface area (Å²) in [7, 11) is -3.83. The summed E-state index contributed by atoms with van der Waals surface area (Å²) < 4.78 is 34.1. The summed E-state index contributed by atoms with van der Waals surface area (Å²) in [6.45, 7) is 2.64. The fourth-order valence-electron chi connectivity index (χ4n) is 3.25. The van der Waals surface area contributed by atoms with Crippen molar-refractivity contribution in [2.75, 3.05) is 13.2 Å². The van der Waals surface area contributed by atoms with Crippen LogP contribution in [0.3, 0.4) is 0 Å². The maximum absolute atomic E-state index is 12.6. The molecular weight excluding hydrogens is 508 g/mol. The fraction of sp³-hybridized carbons (Fsp3) is 0.167. The van der Waals surface area contributed by atoms with Crippen LogP contribution in [0, 0.1) is 13.8 Å². The molecule has 1 N–H and O–H groups in total. The predicted octanol–water partition coefficient (Wildman–Crippen LogP) is 4.17. The molecule has 0 radical (unpaired) electrons. The maximum atomic E-state index is 12.6. The number of Topliss-reactive ketones (excluding diaryl/α,β-unsaturated/α-hetero) is 1. The Balaban J connectivity index is 1.56. The van der Waals surface area contributed by atoms with E-state index < -0.39 is 29.1 Å². The fourth-order valence-corrected chi connectivity index (χ4v) is 4.26. The normalized spacial score (nSPS) is 11.6. The van der Waals surface area contributed by atoms with Gasteiger partial charge in [0.15, 0.2) is 6.61 Å². The first-order valence-corrected chi connectivity index (χ1v) is 12.4. The average molecular weight is 531 g/mol. The highest BCUT2D eigenvalue weighted by Crippen LogP contribution is 2.22. The summed E-state index contributed by atoms with van der Waals surface area (Å²) in [5, 5.41) is 0.970. The van der Waals surface area contributed by atoms with Gasteiger partial charge in [0.1, 0.15) is 6.54 Å². The largest absolute Gasteiger partial charge is 0.456 e. The zero-order valence-electron chi connectivity index (χ0n) is 18.1. The Morgan fingerprint density at radius 3 is 2.39 bits per heavy atom. The second kappa shape index (κ2) is 10.7. The third kappa shape index (κ3) is 6.74. The van der Waals surface area contributed by atoms with Crippen LogP contribution in [-0.4, -0.2) is 37.9 Å². The zero-order chi connectivity index (χ0) is 24.0. The number of nitrogens with one attached hydrogen (secondary N) is 1. The second-order valence-electron chi connectivity index (χ2n) is 7.26. The number of nitrogens with zero attached hydrogens (tertiary/aromatic N) is 1. The summed E-state index contributed by atoms with van der Waals surface area (Å²) in [6.07, 6.45) is 1.42. The Kier molecular flexibility index (Phi) is 8.01. The van der Waals surface area contributed by atoms with Crippen molar-refractivity contribution in [3.63, 3.8) is 0 Å². The summed E-state index contributed by atoms with van der Waals surface area (Å²) in [6, 6.07) is 18.3. The quantitative estimate of drug-likeness (QED) is 0.331. The van der Waals surface area contributed by atoms with Crippen molar-refractivity contribution < 1.29 is 22.7 Å². The van der Waals surface area contributed by atoms with Crippen LogP contribution in [0.2, 0.25) is 0 Å². The summed E-state index contributed by atoms with van der Waals surface area (Å²) in [5.74, 6) is -1.21. The van der Waals surface area contributed by atoms with Gasteiger partial charge in [-0.2, -0.15) is 0 Å². The first kappa shape index (κ1) is 24.6. The molecule has 3 aromatic rings. The minimum Gasteiger partial charge on any atom is -0.456 e. The van der Waals surface area contributed by atoms with E-state index in [2.05, 4.69) is 20.7 Å². The molecule has 7 nitrogen and oxygen atoms in total. The Morgan fingerprint density at radius 1 is 1.06 bits per heavy atom. The molecule has 0 aliphatic rings. The topological polar surface area (TPSA) is 94.5 Å². The Morgan fingerprint density at radius 2 is 1.73 bits per heavy atom. The molecule has 0 aliphatic carbocycles. The van der Waals surface area contributed by atoms with E-state index in [1.54, 1.807) is 30.3 Å². The molecule has 33 heavy (non-hydrogen) atoms. The molecule has 2 aromatic carbocycles. The number of carbonyl (C=O) groups excluding carboxylic acids is 2. The predicted molar refractivity (Wildman–Crippen MR) is 131 cm³/mol. The van der Waals surface area contributed by atoms with E-state index in [1.165, 1.54) is 6.08 Å². The lowest BCUT2D eigenvalue weighted by molar-refractivity contribution is -0.141. The Bertz CT molecular complexity index is 1280. The van der Waals surface area contributed by atoms with Crippen LogP contribution in [0.15, 0.2) is 70.5 Å². The number of ether oxygens (including phenoxy) is 1. The lowest BCUT2D eigenvalue weighted by atomic mass is 10.1. The van der Waals surface area contributed by atoms with E-state index in [0.717, 1.165) is 27.0 Å². The van der Waals surface area contributed by atoms with E-state index in [9.17, 15) is 18.0 Å². The number of ketones is 1. The third-order valence-electron chi connectivity index (χ3n) is 4.84. The molecule has 3 rings (SSSR count). The number of halogens is 1. The van der Waals surface area contributed by atoms with Crippen LogP contribution in [0.1, 0.15) is 27.3 Å². The number of esters is 1. The van der Waals surface area contributed by atoms with Crippen LogP contribution in [0.4, 0.5) is 0 Å². The van der Waals surface area contributed by atoms with Crippen LogP contribution < -0.4 is 4.72 Å². The molecule has 1 aromatic heterocycles. The lowest BCUT2D eigenvalue weighted by Crippen LogP contribution is -2.30. The number of hydrogen-bond acceptors (Lipinski definition) is 5. The van der Waals surface area contributed by atoms with Gasteiger partial charge in [-0.1, -0.05) is 46.3 Å². The van der Waals surface area contributed by atoms with Crippen molar-refractivity contribution >= 4 is 43.8 Å². The van der Waals surface area contributed by atoms with Gasteiger partial charge in [-0.15, -0.1) is 0 Å². The third-order valence-corrected chi connectivity index (χ3v) is 6.41. The van der Waals surface area contributed by atoms with Crippen LogP contribution in [0.25, 0.3) is 11.8 Å². The minimum absolute atomic E-state index is 0.369. The molecule has 0 saturated heterocycles. The molecule has 0 bridgehead atoms. The number of aryl methyl sites for hydroxylation is 1. The molecular formula is C24H23BrN2O5S. The van der Waals surface area contributed by atoms with Gasteiger partial charge in [0.2, 0.25) is 15.8 Å². The van der Waals surface area contributed by atoms with Crippen molar-refractivity contribution in [2.45, 2.75) is 13.8 Å². The molecule has 0 spiro atoms. The average Bonchev–Trinajstić information content (AvgIpc) is 3.10. The van der Waals surface area contributed by atoms with E-state index in [1.807, 2.05) is 48.7 Å². The Labute approximate surface area is 201 Å². The molecule has 0 aliphatic heterocycles. The van der Waals surface area contributed by atoms with Crippen LogP contribution in [0.5, 0.6) is 0 Å². The SMILES string of the molecule is Cc1cc(C(=O)COC(=O)CNS(=O)(=O)C=Cc2ccccc2)c(C)n1-c1ccc(Br)cc1. The number of carbonyl (C=O) groups is 2. The number of benzene rings is 2.